The molecule has 4 rings (SSSR count). The van der Waals surface area contributed by atoms with E-state index in [0.29, 0.717) is 48.4 Å². The number of rotatable bonds is 6. The van der Waals surface area contributed by atoms with Crippen LogP contribution in [0.25, 0.3) is 0 Å². The van der Waals surface area contributed by atoms with E-state index < -0.39 is 44.0 Å². The Balaban J connectivity index is 1.66. The van der Waals surface area contributed by atoms with Gasteiger partial charge in [-0.25, -0.2) is 22.2 Å². The van der Waals surface area contributed by atoms with Crippen molar-refractivity contribution in [2.45, 2.75) is 17.0 Å². The third-order valence-electron chi connectivity index (χ3n) is 4.60. The van der Waals surface area contributed by atoms with Gasteiger partial charge in [-0.05, 0) is 23.8 Å². The predicted octanol–water partition coefficient (Wildman–Crippen LogP) is 4.12. The highest BCUT2D eigenvalue weighted by atomic mass is 32.2. The summed E-state index contributed by atoms with van der Waals surface area (Å²) < 4.78 is 104. The minimum Gasteiger partial charge on any atom is -0.454 e. The summed E-state index contributed by atoms with van der Waals surface area (Å²) in [6, 6.07) is 3.77. The van der Waals surface area contributed by atoms with Gasteiger partial charge in [-0.1, -0.05) is 0 Å². The van der Waals surface area contributed by atoms with Gasteiger partial charge in [0.25, 0.3) is 10.0 Å². The SMILES string of the molecule is O=S(=O)(Nc1ncns1)c1cc(F)c(Oc2cc(C3CNC3)cc(C(F)(F)F)c2)cc1F. The molecule has 0 radical (unpaired) electrons. The zero-order valence-corrected chi connectivity index (χ0v) is 17.4. The first kappa shape index (κ1) is 22.4. The quantitative estimate of drug-likeness (QED) is 0.503. The molecule has 7 nitrogen and oxygen atoms in total. The number of hydrogen-bond donors (Lipinski definition) is 2. The van der Waals surface area contributed by atoms with Gasteiger partial charge >= 0.3 is 6.18 Å². The molecular weight excluding hydrogens is 479 g/mol. The lowest BCUT2D eigenvalue weighted by Gasteiger charge is -2.28. The lowest BCUT2D eigenvalue weighted by molar-refractivity contribution is -0.137. The highest BCUT2D eigenvalue weighted by molar-refractivity contribution is 7.93. The lowest BCUT2D eigenvalue weighted by Crippen LogP contribution is -2.39. The molecule has 1 aromatic heterocycles. The fourth-order valence-electron chi connectivity index (χ4n) is 2.91. The van der Waals surface area contributed by atoms with E-state index in [1.54, 1.807) is 0 Å². The second-order valence-corrected chi connectivity index (χ2v) is 9.24. The Labute approximate surface area is 182 Å². The second kappa shape index (κ2) is 8.26. The number of ether oxygens (including phenoxy) is 1. The highest BCUT2D eigenvalue weighted by Crippen LogP contribution is 2.37. The minimum absolute atomic E-state index is 0.160. The molecule has 0 atom stereocenters. The number of benzene rings is 2. The number of nitrogens with zero attached hydrogens (tertiary/aromatic N) is 2. The minimum atomic E-state index is -4.68. The third kappa shape index (κ3) is 4.66. The summed E-state index contributed by atoms with van der Waals surface area (Å²) in [5.74, 6) is -3.96. The summed E-state index contributed by atoms with van der Waals surface area (Å²) in [5, 5.41) is 2.78. The molecule has 1 aliphatic rings. The molecule has 2 heterocycles. The van der Waals surface area contributed by atoms with Crippen molar-refractivity contribution in [3.05, 3.63) is 59.4 Å². The lowest BCUT2D eigenvalue weighted by atomic mass is 9.92. The van der Waals surface area contributed by atoms with Gasteiger partial charge in [0.15, 0.2) is 11.6 Å². The zero-order chi connectivity index (χ0) is 23.1. The van der Waals surface area contributed by atoms with Crippen LogP contribution in [-0.2, 0) is 16.2 Å². The number of anilines is 1. The van der Waals surface area contributed by atoms with Crippen LogP contribution in [0.2, 0.25) is 0 Å². The van der Waals surface area contributed by atoms with Crippen LogP contribution >= 0.6 is 11.5 Å². The Kier molecular flexibility index (Phi) is 5.77. The first-order valence-corrected chi connectivity index (χ1v) is 11.2. The number of hydrogen-bond acceptors (Lipinski definition) is 7. The van der Waals surface area contributed by atoms with Crippen LogP contribution in [0, 0.1) is 11.6 Å². The third-order valence-corrected chi connectivity index (χ3v) is 6.66. The Morgan fingerprint density at radius 2 is 1.84 bits per heavy atom. The zero-order valence-electron chi connectivity index (χ0n) is 15.8. The maximum atomic E-state index is 14.6. The molecule has 0 unspecified atom stereocenters. The normalized spacial score (nSPS) is 14.8. The molecule has 0 aliphatic carbocycles. The molecule has 1 aliphatic heterocycles. The maximum Gasteiger partial charge on any atom is 0.416 e. The van der Waals surface area contributed by atoms with Crippen molar-refractivity contribution < 1.29 is 35.1 Å². The molecule has 0 saturated carbocycles. The Hall–Kier alpha value is -2.84. The van der Waals surface area contributed by atoms with Crippen LogP contribution in [0.15, 0.2) is 41.6 Å². The summed E-state index contributed by atoms with van der Waals surface area (Å²) in [4.78, 5) is 2.57. The molecule has 0 bridgehead atoms. The molecule has 0 amide bonds. The van der Waals surface area contributed by atoms with Crippen molar-refractivity contribution in [1.82, 2.24) is 14.7 Å². The van der Waals surface area contributed by atoms with Gasteiger partial charge in [0.1, 0.15) is 22.8 Å². The van der Waals surface area contributed by atoms with Gasteiger partial charge in [-0.3, -0.25) is 4.72 Å². The van der Waals surface area contributed by atoms with E-state index in [4.69, 9.17) is 4.74 Å². The molecule has 1 fully saturated rings. The van der Waals surface area contributed by atoms with Crippen molar-refractivity contribution in [3.63, 3.8) is 0 Å². The van der Waals surface area contributed by atoms with Gasteiger partial charge in [0, 0.05) is 42.7 Å². The largest absolute Gasteiger partial charge is 0.454 e. The van der Waals surface area contributed by atoms with E-state index in [1.807, 2.05) is 4.72 Å². The summed E-state index contributed by atoms with van der Waals surface area (Å²) in [7, 11) is -4.53. The Morgan fingerprint density at radius 3 is 2.44 bits per heavy atom. The van der Waals surface area contributed by atoms with Crippen molar-refractivity contribution >= 4 is 26.7 Å². The topological polar surface area (TPSA) is 93.2 Å². The molecule has 3 aromatic rings. The summed E-state index contributed by atoms with van der Waals surface area (Å²) in [6.45, 7) is 0.940. The average molecular weight is 492 g/mol. The van der Waals surface area contributed by atoms with Crippen molar-refractivity contribution in [3.8, 4) is 11.5 Å². The van der Waals surface area contributed by atoms with E-state index in [2.05, 4.69) is 14.7 Å². The molecule has 32 heavy (non-hydrogen) atoms. The second-order valence-electron chi connectivity index (χ2n) is 6.81. The molecule has 2 N–H and O–H groups in total. The first-order valence-electron chi connectivity index (χ1n) is 8.92. The fraction of sp³-hybridized carbons (Fsp3) is 0.222. The van der Waals surface area contributed by atoms with E-state index in [9.17, 15) is 30.4 Å². The Bertz CT molecular complexity index is 1250. The predicted molar refractivity (Wildman–Crippen MR) is 104 cm³/mol. The number of nitrogens with one attached hydrogen (secondary N) is 2. The number of aromatic nitrogens is 2. The van der Waals surface area contributed by atoms with E-state index in [1.165, 1.54) is 6.07 Å². The van der Waals surface area contributed by atoms with E-state index >= 15 is 0 Å². The molecule has 170 valence electrons. The van der Waals surface area contributed by atoms with Gasteiger partial charge < -0.3 is 10.1 Å². The van der Waals surface area contributed by atoms with Gasteiger partial charge in [0.2, 0.25) is 5.13 Å². The standard InChI is InChI=1S/C18H13F5N4O3S2/c19-13-5-16(32(28,29)27-17-25-8-26-31-17)14(20)4-15(13)30-12-2-9(10-6-24-7-10)1-11(3-12)18(21,22)23/h1-5,8,10,24H,6-7H2,(H,25,26,27). The Morgan fingerprint density at radius 1 is 1.09 bits per heavy atom. The van der Waals surface area contributed by atoms with Gasteiger partial charge in [-0.15, -0.1) is 0 Å². The van der Waals surface area contributed by atoms with Crippen LogP contribution in [0.3, 0.4) is 0 Å². The molecule has 2 aromatic carbocycles. The smallest absolute Gasteiger partial charge is 0.416 e. The van der Waals surface area contributed by atoms with E-state index in [0.717, 1.165) is 12.4 Å². The van der Waals surface area contributed by atoms with Crippen LogP contribution < -0.4 is 14.8 Å². The molecule has 14 heteroatoms. The average Bonchev–Trinajstić information content (AvgIpc) is 3.14. The van der Waals surface area contributed by atoms with Crippen LogP contribution in [0.1, 0.15) is 17.0 Å². The monoisotopic (exact) mass is 492 g/mol. The molecule has 0 spiro atoms. The van der Waals surface area contributed by atoms with Crippen LogP contribution in [0.5, 0.6) is 11.5 Å². The fourth-order valence-corrected chi connectivity index (χ4v) is 4.65. The summed E-state index contributed by atoms with van der Waals surface area (Å²) in [5.41, 5.74) is -0.673. The van der Waals surface area contributed by atoms with Crippen molar-refractivity contribution in [2.24, 2.45) is 0 Å². The summed E-state index contributed by atoms with van der Waals surface area (Å²) >= 11 is 0.684. The maximum absolute atomic E-state index is 14.6. The number of halogens is 5. The summed E-state index contributed by atoms with van der Waals surface area (Å²) in [6.07, 6.45) is -3.61. The molecular formula is C18H13F5N4O3S2. The number of alkyl halides is 3. The molecule has 1 saturated heterocycles. The van der Waals surface area contributed by atoms with Crippen molar-refractivity contribution in [1.29, 1.82) is 0 Å². The highest BCUT2D eigenvalue weighted by Gasteiger charge is 2.33. The first-order chi connectivity index (χ1) is 15.0. The van der Waals surface area contributed by atoms with Crippen molar-refractivity contribution in [2.75, 3.05) is 17.8 Å². The van der Waals surface area contributed by atoms with Crippen LogP contribution in [0.4, 0.5) is 27.1 Å². The van der Waals surface area contributed by atoms with Gasteiger partial charge in [0.05, 0.1) is 5.56 Å². The van der Waals surface area contributed by atoms with Gasteiger partial charge in [-0.2, -0.15) is 17.5 Å². The van der Waals surface area contributed by atoms with E-state index in [-0.39, 0.29) is 16.8 Å². The number of sulfonamides is 1. The van der Waals surface area contributed by atoms with Crippen LogP contribution in [-0.4, -0.2) is 30.9 Å².